The summed E-state index contributed by atoms with van der Waals surface area (Å²) in [5.41, 5.74) is -0.969. The Bertz CT molecular complexity index is 703. The first-order chi connectivity index (χ1) is 10.3. The zero-order chi connectivity index (χ0) is 16.6. The van der Waals surface area contributed by atoms with Crippen LogP contribution in [-0.2, 0) is 9.59 Å². The van der Waals surface area contributed by atoms with Gasteiger partial charge in [0.2, 0.25) is 0 Å². The van der Waals surface area contributed by atoms with Crippen molar-refractivity contribution in [3.05, 3.63) is 35.4 Å². The Hall–Kier alpha value is -2.84. The Labute approximate surface area is 123 Å². The molecule has 22 heavy (non-hydrogen) atoms. The van der Waals surface area contributed by atoms with Crippen molar-refractivity contribution in [2.24, 2.45) is 0 Å². The SMILES string of the molecule is O=C(O)C(O)c1c(O)c(O)c(C(O)C(=O)O)c2ccccc12. The maximum atomic E-state index is 10.9. The zero-order valence-electron chi connectivity index (χ0n) is 11.0. The summed E-state index contributed by atoms with van der Waals surface area (Å²) in [4.78, 5) is 21.9. The highest BCUT2D eigenvalue weighted by molar-refractivity contribution is 5.98. The molecule has 0 aliphatic carbocycles. The number of aromatic hydroxyl groups is 2. The fraction of sp³-hybridized carbons (Fsp3) is 0.143. The molecular weight excluding hydrogens is 296 g/mol. The van der Waals surface area contributed by atoms with E-state index in [1.165, 1.54) is 24.3 Å². The monoisotopic (exact) mass is 308 g/mol. The van der Waals surface area contributed by atoms with Crippen molar-refractivity contribution < 1.29 is 40.2 Å². The third-order valence-corrected chi connectivity index (χ3v) is 3.26. The van der Waals surface area contributed by atoms with Crippen LogP contribution in [0.2, 0.25) is 0 Å². The van der Waals surface area contributed by atoms with Gasteiger partial charge >= 0.3 is 11.9 Å². The molecule has 0 heterocycles. The molecule has 0 bridgehead atoms. The van der Waals surface area contributed by atoms with Gasteiger partial charge in [0.25, 0.3) is 0 Å². The van der Waals surface area contributed by atoms with Crippen molar-refractivity contribution in [3.63, 3.8) is 0 Å². The molecule has 0 aliphatic heterocycles. The van der Waals surface area contributed by atoms with Gasteiger partial charge < -0.3 is 30.6 Å². The number of rotatable bonds is 4. The number of carboxylic acid groups (broad SMARTS) is 2. The van der Waals surface area contributed by atoms with Gasteiger partial charge in [-0.25, -0.2) is 9.59 Å². The molecule has 2 unspecified atom stereocenters. The van der Waals surface area contributed by atoms with E-state index in [0.29, 0.717) is 0 Å². The molecule has 2 atom stereocenters. The van der Waals surface area contributed by atoms with Gasteiger partial charge in [-0.05, 0) is 10.8 Å². The lowest BCUT2D eigenvalue weighted by atomic mass is 9.92. The zero-order valence-corrected chi connectivity index (χ0v) is 11.0. The minimum absolute atomic E-state index is 0.00278. The lowest BCUT2D eigenvalue weighted by Crippen LogP contribution is -2.14. The van der Waals surface area contributed by atoms with Crippen molar-refractivity contribution >= 4 is 22.7 Å². The van der Waals surface area contributed by atoms with E-state index in [1.54, 1.807) is 0 Å². The van der Waals surface area contributed by atoms with Crippen LogP contribution in [0.4, 0.5) is 0 Å². The number of benzene rings is 2. The van der Waals surface area contributed by atoms with Crippen LogP contribution in [0, 0.1) is 0 Å². The predicted molar refractivity (Wildman–Crippen MR) is 72.5 cm³/mol. The summed E-state index contributed by atoms with van der Waals surface area (Å²) in [6.45, 7) is 0. The van der Waals surface area contributed by atoms with Crippen molar-refractivity contribution in [1.29, 1.82) is 0 Å². The highest BCUT2D eigenvalue weighted by Crippen LogP contribution is 2.45. The van der Waals surface area contributed by atoms with Gasteiger partial charge in [0.1, 0.15) is 0 Å². The fourth-order valence-corrected chi connectivity index (χ4v) is 2.26. The molecule has 2 rings (SSSR count). The lowest BCUT2D eigenvalue weighted by Gasteiger charge is -2.18. The van der Waals surface area contributed by atoms with Gasteiger partial charge in [-0.2, -0.15) is 0 Å². The van der Waals surface area contributed by atoms with Gasteiger partial charge in [-0.1, -0.05) is 24.3 Å². The summed E-state index contributed by atoms with van der Waals surface area (Å²) in [6.07, 6.45) is -4.27. The molecule has 0 saturated carbocycles. The average molecular weight is 308 g/mol. The van der Waals surface area contributed by atoms with E-state index in [2.05, 4.69) is 0 Å². The van der Waals surface area contributed by atoms with Crippen LogP contribution in [0.3, 0.4) is 0 Å². The standard InChI is InChI=1S/C14H12O8/c15-9-7(11(17)13(19)20)5-3-1-2-4-6(5)8(10(9)16)12(18)14(21)22/h1-4,11-12,15-18H,(H,19,20)(H,21,22). The van der Waals surface area contributed by atoms with E-state index >= 15 is 0 Å². The topological polar surface area (TPSA) is 156 Å². The van der Waals surface area contributed by atoms with Crippen molar-refractivity contribution in [1.82, 2.24) is 0 Å². The second kappa shape index (κ2) is 5.51. The molecule has 0 radical (unpaired) electrons. The Morgan fingerprint density at radius 1 is 0.773 bits per heavy atom. The number of aliphatic carboxylic acids is 2. The highest BCUT2D eigenvalue weighted by atomic mass is 16.4. The van der Waals surface area contributed by atoms with E-state index in [4.69, 9.17) is 10.2 Å². The first kappa shape index (κ1) is 15.5. The quantitative estimate of drug-likeness (QED) is 0.446. The lowest BCUT2D eigenvalue weighted by molar-refractivity contribution is -0.147. The number of phenols is 2. The molecule has 6 N–H and O–H groups in total. The number of hydrogen-bond donors (Lipinski definition) is 6. The van der Waals surface area contributed by atoms with E-state index in [1.807, 2.05) is 0 Å². The normalized spacial score (nSPS) is 13.7. The number of hydrogen-bond acceptors (Lipinski definition) is 6. The fourth-order valence-electron chi connectivity index (χ4n) is 2.26. The molecule has 0 spiro atoms. The van der Waals surface area contributed by atoms with Crippen molar-refractivity contribution in [2.75, 3.05) is 0 Å². The summed E-state index contributed by atoms with van der Waals surface area (Å²) >= 11 is 0. The number of fused-ring (bicyclic) bond motifs is 1. The second-order valence-corrected chi connectivity index (χ2v) is 4.55. The second-order valence-electron chi connectivity index (χ2n) is 4.55. The van der Waals surface area contributed by atoms with Gasteiger partial charge in [0.15, 0.2) is 23.7 Å². The molecule has 0 fully saturated rings. The van der Waals surface area contributed by atoms with E-state index in [-0.39, 0.29) is 10.8 Å². The van der Waals surface area contributed by atoms with Crippen LogP contribution in [0.25, 0.3) is 10.8 Å². The number of carboxylic acids is 2. The number of carbonyl (C=O) groups is 2. The minimum atomic E-state index is -2.13. The molecule has 2 aromatic carbocycles. The van der Waals surface area contributed by atoms with Gasteiger partial charge in [0, 0.05) is 11.1 Å². The Morgan fingerprint density at radius 2 is 1.09 bits per heavy atom. The van der Waals surface area contributed by atoms with Crippen LogP contribution in [-0.4, -0.2) is 42.6 Å². The molecule has 8 nitrogen and oxygen atoms in total. The largest absolute Gasteiger partial charge is 0.504 e. The average Bonchev–Trinajstić information content (AvgIpc) is 2.47. The third-order valence-electron chi connectivity index (χ3n) is 3.26. The summed E-state index contributed by atoms with van der Waals surface area (Å²) < 4.78 is 0. The predicted octanol–water partition coefficient (Wildman–Crippen LogP) is 0.487. The molecule has 116 valence electrons. The first-order valence-electron chi connectivity index (χ1n) is 6.05. The Kier molecular flexibility index (Phi) is 3.89. The molecule has 2 aromatic rings. The summed E-state index contributed by atoms with van der Waals surface area (Å²) in [5, 5.41) is 57.1. The van der Waals surface area contributed by atoms with Crippen molar-refractivity contribution in [2.45, 2.75) is 12.2 Å². The maximum absolute atomic E-state index is 10.9. The third kappa shape index (κ3) is 2.30. The highest BCUT2D eigenvalue weighted by Gasteiger charge is 2.31. The van der Waals surface area contributed by atoms with Crippen LogP contribution in [0.15, 0.2) is 24.3 Å². The summed E-state index contributed by atoms with van der Waals surface area (Å²) in [7, 11) is 0. The maximum Gasteiger partial charge on any atom is 0.337 e. The first-order valence-corrected chi connectivity index (χ1v) is 6.05. The molecular formula is C14H12O8. The number of aliphatic hydroxyl groups excluding tert-OH is 2. The smallest absolute Gasteiger partial charge is 0.337 e. The van der Waals surface area contributed by atoms with Gasteiger partial charge in [-0.15, -0.1) is 0 Å². The van der Waals surface area contributed by atoms with Crippen LogP contribution < -0.4 is 0 Å². The Balaban J connectivity index is 2.93. The van der Waals surface area contributed by atoms with Gasteiger partial charge in [0.05, 0.1) is 0 Å². The van der Waals surface area contributed by atoms with Gasteiger partial charge in [-0.3, -0.25) is 0 Å². The van der Waals surface area contributed by atoms with Crippen LogP contribution >= 0.6 is 0 Å². The molecule has 0 saturated heterocycles. The van der Waals surface area contributed by atoms with Crippen LogP contribution in [0.5, 0.6) is 11.5 Å². The van der Waals surface area contributed by atoms with Crippen LogP contribution in [0.1, 0.15) is 23.3 Å². The van der Waals surface area contributed by atoms with E-state index in [9.17, 15) is 30.0 Å². The van der Waals surface area contributed by atoms with Crippen molar-refractivity contribution in [3.8, 4) is 11.5 Å². The molecule has 0 amide bonds. The summed E-state index contributed by atoms with van der Waals surface area (Å²) in [5.74, 6) is -5.31. The minimum Gasteiger partial charge on any atom is -0.504 e. The molecule has 0 aliphatic rings. The number of phenolic OH excluding ortho intramolecular Hbond substituents is 2. The molecule has 8 heteroatoms. The Morgan fingerprint density at radius 3 is 1.36 bits per heavy atom. The molecule has 0 aromatic heterocycles. The van der Waals surface area contributed by atoms with E-state index < -0.39 is 46.8 Å². The van der Waals surface area contributed by atoms with E-state index in [0.717, 1.165) is 0 Å². The summed E-state index contributed by atoms with van der Waals surface area (Å²) in [6, 6.07) is 5.59. The number of aliphatic hydroxyl groups is 2.